The Kier molecular flexibility index (Phi) is 5.37. The summed E-state index contributed by atoms with van der Waals surface area (Å²) in [5.74, 6) is 1.21. The second-order valence-electron chi connectivity index (χ2n) is 5.87. The topological polar surface area (TPSA) is 78.9 Å². The number of carbonyl (C=O) groups is 1. The first-order valence-corrected chi connectivity index (χ1v) is 8.52. The largest absolute Gasteiger partial charge is 0.459 e. The maximum atomic E-state index is 12.3. The van der Waals surface area contributed by atoms with Crippen LogP contribution in [-0.2, 0) is 13.6 Å². The number of amides is 1. The van der Waals surface area contributed by atoms with Crippen molar-refractivity contribution >= 4 is 11.9 Å². The van der Waals surface area contributed by atoms with Gasteiger partial charge in [0, 0.05) is 46.0 Å². The number of furan rings is 1. The Morgan fingerprint density at radius 3 is 2.64 bits per heavy atom. The molecule has 0 aliphatic carbocycles. The zero-order valence-corrected chi connectivity index (χ0v) is 14.7. The number of nitrogens with zero attached hydrogens (tertiary/aromatic N) is 5. The van der Waals surface area contributed by atoms with Crippen LogP contribution in [0.2, 0.25) is 0 Å². The molecule has 1 N–H and O–H groups in total. The number of guanidine groups is 1. The number of hydrogen-bond acceptors (Lipinski definition) is 4. The SMILES string of the molecule is CCNC(=NCc1ccnn1C)N1CCN(C(=O)c2ccco2)CC1. The standard InChI is InChI=1S/C17H24N6O2/c1-3-18-17(19-13-14-6-7-20-21(14)2)23-10-8-22(9-11-23)16(24)15-5-4-12-25-15/h4-7,12H,3,8-11,13H2,1-2H3,(H,18,19). The molecule has 1 aliphatic heterocycles. The molecule has 3 heterocycles. The van der Waals surface area contributed by atoms with E-state index in [-0.39, 0.29) is 5.91 Å². The smallest absolute Gasteiger partial charge is 0.289 e. The van der Waals surface area contributed by atoms with Crippen molar-refractivity contribution in [3.05, 3.63) is 42.1 Å². The minimum absolute atomic E-state index is 0.0542. The average Bonchev–Trinajstić information content (AvgIpc) is 3.30. The van der Waals surface area contributed by atoms with Crippen LogP contribution in [0.1, 0.15) is 23.2 Å². The van der Waals surface area contributed by atoms with E-state index in [9.17, 15) is 4.79 Å². The zero-order chi connectivity index (χ0) is 17.6. The average molecular weight is 344 g/mol. The van der Waals surface area contributed by atoms with Gasteiger partial charge in [0.1, 0.15) is 0 Å². The van der Waals surface area contributed by atoms with E-state index in [1.807, 2.05) is 22.7 Å². The molecular formula is C17H24N6O2. The molecule has 0 aromatic carbocycles. The fourth-order valence-electron chi connectivity index (χ4n) is 2.82. The van der Waals surface area contributed by atoms with Gasteiger partial charge in [-0.05, 0) is 25.1 Å². The van der Waals surface area contributed by atoms with Crippen LogP contribution in [-0.4, -0.2) is 64.2 Å². The molecule has 25 heavy (non-hydrogen) atoms. The van der Waals surface area contributed by atoms with Gasteiger partial charge < -0.3 is 19.5 Å². The molecule has 0 bridgehead atoms. The summed E-state index contributed by atoms with van der Waals surface area (Å²) >= 11 is 0. The molecule has 0 radical (unpaired) electrons. The molecule has 1 aliphatic rings. The van der Waals surface area contributed by atoms with Crippen LogP contribution in [0.5, 0.6) is 0 Å². The van der Waals surface area contributed by atoms with Gasteiger partial charge in [-0.2, -0.15) is 5.10 Å². The lowest BCUT2D eigenvalue weighted by atomic mass is 10.3. The van der Waals surface area contributed by atoms with Crippen LogP contribution in [0.4, 0.5) is 0 Å². The molecule has 8 nitrogen and oxygen atoms in total. The Balaban J connectivity index is 1.60. The van der Waals surface area contributed by atoms with Crippen molar-refractivity contribution in [2.24, 2.45) is 12.0 Å². The van der Waals surface area contributed by atoms with Crippen LogP contribution < -0.4 is 5.32 Å². The molecule has 0 atom stereocenters. The monoisotopic (exact) mass is 344 g/mol. The van der Waals surface area contributed by atoms with Crippen LogP contribution >= 0.6 is 0 Å². The molecule has 8 heteroatoms. The van der Waals surface area contributed by atoms with E-state index >= 15 is 0 Å². The Hall–Kier alpha value is -2.77. The highest BCUT2D eigenvalue weighted by Crippen LogP contribution is 2.10. The minimum Gasteiger partial charge on any atom is -0.459 e. The van der Waals surface area contributed by atoms with Crippen LogP contribution in [0.15, 0.2) is 40.1 Å². The molecule has 1 saturated heterocycles. The first-order chi connectivity index (χ1) is 12.2. The summed E-state index contributed by atoms with van der Waals surface area (Å²) in [6.45, 7) is 6.20. The second kappa shape index (κ2) is 7.87. The van der Waals surface area contributed by atoms with Gasteiger partial charge in [0.05, 0.1) is 18.5 Å². The fraction of sp³-hybridized carbons (Fsp3) is 0.471. The van der Waals surface area contributed by atoms with Crippen molar-refractivity contribution in [2.75, 3.05) is 32.7 Å². The lowest BCUT2D eigenvalue weighted by Crippen LogP contribution is -2.53. The second-order valence-corrected chi connectivity index (χ2v) is 5.87. The molecule has 0 unspecified atom stereocenters. The molecule has 3 rings (SSSR count). The number of nitrogens with one attached hydrogen (secondary N) is 1. The Morgan fingerprint density at radius 1 is 1.28 bits per heavy atom. The van der Waals surface area contributed by atoms with E-state index in [0.29, 0.717) is 25.4 Å². The third-order valence-corrected chi connectivity index (χ3v) is 4.25. The number of hydrogen-bond donors (Lipinski definition) is 1. The Morgan fingerprint density at radius 2 is 2.04 bits per heavy atom. The summed E-state index contributed by atoms with van der Waals surface area (Å²) in [5, 5.41) is 7.50. The molecule has 0 saturated carbocycles. The summed E-state index contributed by atoms with van der Waals surface area (Å²) in [6.07, 6.45) is 3.30. The van der Waals surface area contributed by atoms with Gasteiger partial charge in [-0.15, -0.1) is 0 Å². The van der Waals surface area contributed by atoms with Crippen molar-refractivity contribution in [2.45, 2.75) is 13.5 Å². The highest BCUT2D eigenvalue weighted by Gasteiger charge is 2.25. The summed E-state index contributed by atoms with van der Waals surface area (Å²) in [7, 11) is 1.91. The maximum absolute atomic E-state index is 12.3. The van der Waals surface area contributed by atoms with Gasteiger partial charge >= 0.3 is 0 Å². The molecule has 2 aromatic rings. The lowest BCUT2D eigenvalue weighted by molar-refractivity contribution is 0.0657. The van der Waals surface area contributed by atoms with Crippen LogP contribution in [0.3, 0.4) is 0 Å². The quantitative estimate of drug-likeness (QED) is 0.660. The van der Waals surface area contributed by atoms with E-state index in [4.69, 9.17) is 9.41 Å². The van der Waals surface area contributed by atoms with Gasteiger partial charge in [-0.3, -0.25) is 9.48 Å². The molecular weight excluding hydrogens is 320 g/mol. The van der Waals surface area contributed by atoms with E-state index in [0.717, 1.165) is 31.3 Å². The number of piperazine rings is 1. The van der Waals surface area contributed by atoms with E-state index < -0.39 is 0 Å². The summed E-state index contributed by atoms with van der Waals surface area (Å²) in [4.78, 5) is 21.1. The zero-order valence-electron chi connectivity index (χ0n) is 14.7. The summed E-state index contributed by atoms with van der Waals surface area (Å²) in [6, 6.07) is 5.40. The van der Waals surface area contributed by atoms with E-state index in [2.05, 4.69) is 22.2 Å². The Bertz CT molecular complexity index is 713. The predicted molar refractivity (Wildman–Crippen MR) is 94.2 cm³/mol. The van der Waals surface area contributed by atoms with Gasteiger partial charge in [0.25, 0.3) is 5.91 Å². The maximum Gasteiger partial charge on any atom is 0.289 e. The molecule has 0 spiro atoms. The van der Waals surface area contributed by atoms with Gasteiger partial charge in [0.15, 0.2) is 11.7 Å². The van der Waals surface area contributed by atoms with E-state index in [1.165, 1.54) is 6.26 Å². The number of aromatic nitrogens is 2. The Labute approximate surface area is 147 Å². The highest BCUT2D eigenvalue weighted by molar-refractivity contribution is 5.91. The highest BCUT2D eigenvalue weighted by atomic mass is 16.3. The number of aryl methyl sites for hydroxylation is 1. The predicted octanol–water partition coefficient (Wildman–Crippen LogP) is 0.937. The fourth-order valence-corrected chi connectivity index (χ4v) is 2.82. The van der Waals surface area contributed by atoms with Gasteiger partial charge in [-0.1, -0.05) is 0 Å². The lowest BCUT2D eigenvalue weighted by Gasteiger charge is -2.36. The van der Waals surface area contributed by atoms with Crippen molar-refractivity contribution in [1.29, 1.82) is 0 Å². The molecule has 1 fully saturated rings. The molecule has 1 amide bonds. The third kappa shape index (κ3) is 4.01. The normalized spacial score (nSPS) is 15.5. The van der Waals surface area contributed by atoms with Crippen molar-refractivity contribution in [1.82, 2.24) is 24.9 Å². The first-order valence-electron chi connectivity index (χ1n) is 8.52. The first kappa shape index (κ1) is 17.1. The molecule has 2 aromatic heterocycles. The van der Waals surface area contributed by atoms with Crippen molar-refractivity contribution < 1.29 is 9.21 Å². The van der Waals surface area contributed by atoms with Crippen LogP contribution in [0.25, 0.3) is 0 Å². The number of carbonyl (C=O) groups excluding carboxylic acids is 1. The van der Waals surface area contributed by atoms with Crippen LogP contribution in [0, 0.1) is 0 Å². The van der Waals surface area contributed by atoms with Gasteiger partial charge in [0.2, 0.25) is 0 Å². The third-order valence-electron chi connectivity index (χ3n) is 4.25. The van der Waals surface area contributed by atoms with Gasteiger partial charge in [-0.25, -0.2) is 4.99 Å². The minimum atomic E-state index is -0.0542. The summed E-state index contributed by atoms with van der Waals surface area (Å²) < 4.78 is 7.03. The van der Waals surface area contributed by atoms with Crippen molar-refractivity contribution in [3.63, 3.8) is 0 Å². The number of aliphatic imine (C=N–C) groups is 1. The molecule has 134 valence electrons. The summed E-state index contributed by atoms with van der Waals surface area (Å²) in [5.41, 5.74) is 1.06. The van der Waals surface area contributed by atoms with E-state index in [1.54, 1.807) is 18.3 Å². The van der Waals surface area contributed by atoms with Crippen molar-refractivity contribution in [3.8, 4) is 0 Å². The number of rotatable bonds is 4.